The summed E-state index contributed by atoms with van der Waals surface area (Å²) >= 11 is 23.9. The Morgan fingerprint density at radius 3 is 1.83 bits per heavy atom. The van der Waals surface area contributed by atoms with Crippen LogP contribution in [0.15, 0.2) is 48.7 Å². The third-order valence-electron chi connectivity index (χ3n) is 3.32. The van der Waals surface area contributed by atoms with Crippen molar-refractivity contribution < 1.29 is 4.39 Å². The predicted molar refractivity (Wildman–Crippen MR) is 95.1 cm³/mol. The summed E-state index contributed by atoms with van der Waals surface area (Å²) in [4.78, 5) is 3.82. The summed E-state index contributed by atoms with van der Waals surface area (Å²) in [7, 11) is 0. The van der Waals surface area contributed by atoms with Crippen molar-refractivity contribution in [2.75, 3.05) is 0 Å². The Kier molecular flexibility index (Phi) is 4.79. The molecule has 23 heavy (non-hydrogen) atoms. The molecule has 0 fully saturated rings. The lowest BCUT2D eigenvalue weighted by molar-refractivity contribution is 0.588. The summed E-state index contributed by atoms with van der Waals surface area (Å²) in [5, 5.41) is 1.63. The molecule has 0 radical (unpaired) electrons. The molecule has 0 amide bonds. The van der Waals surface area contributed by atoms with E-state index in [4.69, 9.17) is 46.4 Å². The Labute approximate surface area is 152 Å². The summed E-state index contributed by atoms with van der Waals surface area (Å²) in [6.45, 7) is 0. The molecule has 116 valence electrons. The van der Waals surface area contributed by atoms with Gasteiger partial charge in [-0.3, -0.25) is 0 Å². The van der Waals surface area contributed by atoms with Crippen LogP contribution >= 0.6 is 46.4 Å². The van der Waals surface area contributed by atoms with E-state index < -0.39 is 5.95 Å². The normalized spacial score (nSPS) is 10.8. The number of benzene rings is 2. The van der Waals surface area contributed by atoms with E-state index >= 15 is 0 Å². The van der Waals surface area contributed by atoms with Crippen LogP contribution in [0.4, 0.5) is 4.39 Å². The molecule has 0 N–H and O–H groups in total. The third-order valence-corrected chi connectivity index (χ3v) is 4.80. The lowest BCUT2D eigenvalue weighted by Crippen LogP contribution is -1.91. The number of aromatic nitrogens is 1. The van der Waals surface area contributed by atoms with Crippen LogP contribution < -0.4 is 0 Å². The Bertz CT molecular complexity index is 896. The highest BCUT2D eigenvalue weighted by Gasteiger charge is 2.11. The molecule has 0 bridgehead atoms. The zero-order valence-corrected chi connectivity index (χ0v) is 14.5. The van der Waals surface area contributed by atoms with Crippen molar-refractivity contribution in [3.8, 4) is 22.3 Å². The molecule has 0 saturated carbocycles. The molecule has 1 nitrogen and oxygen atoms in total. The van der Waals surface area contributed by atoms with Gasteiger partial charge in [0.25, 0.3) is 0 Å². The number of hydrogen-bond donors (Lipinski definition) is 0. The predicted octanol–water partition coefficient (Wildman–Crippen LogP) is 7.17. The van der Waals surface area contributed by atoms with E-state index in [1.54, 1.807) is 42.5 Å². The molecule has 0 aliphatic heterocycles. The van der Waals surface area contributed by atoms with Crippen molar-refractivity contribution >= 4 is 46.4 Å². The minimum atomic E-state index is -0.591. The van der Waals surface area contributed by atoms with Gasteiger partial charge in [-0.2, -0.15) is 4.39 Å². The van der Waals surface area contributed by atoms with Gasteiger partial charge in [-0.05, 0) is 41.5 Å². The van der Waals surface area contributed by atoms with Crippen molar-refractivity contribution in [1.82, 2.24) is 4.98 Å². The maximum absolute atomic E-state index is 14.1. The Hall–Kier alpha value is -1.32. The Balaban J connectivity index is 2.11. The van der Waals surface area contributed by atoms with Crippen molar-refractivity contribution in [3.63, 3.8) is 0 Å². The molecule has 0 aliphatic carbocycles. The number of pyridine rings is 1. The lowest BCUT2D eigenvalue weighted by Gasteiger charge is -2.08. The molecule has 0 saturated heterocycles. The first kappa shape index (κ1) is 16.5. The molecule has 1 heterocycles. The van der Waals surface area contributed by atoms with Gasteiger partial charge in [0, 0.05) is 17.3 Å². The number of hydrogen-bond acceptors (Lipinski definition) is 1. The monoisotopic (exact) mass is 385 g/mol. The van der Waals surface area contributed by atoms with E-state index in [-0.39, 0.29) is 0 Å². The maximum Gasteiger partial charge on any atom is 0.220 e. The van der Waals surface area contributed by atoms with Gasteiger partial charge < -0.3 is 0 Å². The average Bonchev–Trinajstić information content (AvgIpc) is 2.53. The van der Waals surface area contributed by atoms with Crippen LogP contribution in [-0.4, -0.2) is 4.98 Å². The second-order valence-electron chi connectivity index (χ2n) is 4.82. The molecule has 0 aliphatic rings. The highest BCUT2D eigenvalue weighted by atomic mass is 35.5. The summed E-state index contributed by atoms with van der Waals surface area (Å²) in [5.74, 6) is -0.591. The second-order valence-corrected chi connectivity index (χ2v) is 6.45. The van der Waals surface area contributed by atoms with Crippen molar-refractivity contribution in [2.45, 2.75) is 0 Å². The summed E-state index contributed by atoms with van der Waals surface area (Å²) in [6, 6.07) is 11.8. The van der Waals surface area contributed by atoms with Gasteiger partial charge in [0.15, 0.2) is 0 Å². The van der Waals surface area contributed by atoms with Gasteiger partial charge in [0.2, 0.25) is 5.95 Å². The molecular formula is C17H8Cl4FN. The van der Waals surface area contributed by atoms with Crippen molar-refractivity contribution in [1.29, 1.82) is 0 Å². The second kappa shape index (κ2) is 6.66. The van der Waals surface area contributed by atoms with Gasteiger partial charge in [0.05, 0.1) is 20.1 Å². The van der Waals surface area contributed by atoms with Gasteiger partial charge >= 0.3 is 0 Å². The average molecular weight is 387 g/mol. The van der Waals surface area contributed by atoms with E-state index in [0.717, 1.165) is 5.56 Å². The highest BCUT2D eigenvalue weighted by Crippen LogP contribution is 2.33. The fourth-order valence-corrected chi connectivity index (χ4v) is 2.74. The van der Waals surface area contributed by atoms with Crippen molar-refractivity contribution in [3.05, 3.63) is 74.7 Å². The first-order valence-corrected chi connectivity index (χ1v) is 8.03. The quantitative estimate of drug-likeness (QED) is 0.425. The third kappa shape index (κ3) is 3.46. The van der Waals surface area contributed by atoms with Crippen LogP contribution in [0.25, 0.3) is 22.3 Å². The van der Waals surface area contributed by atoms with Gasteiger partial charge in [-0.15, -0.1) is 0 Å². The molecule has 0 atom stereocenters. The lowest BCUT2D eigenvalue weighted by atomic mass is 10.0. The molecule has 0 unspecified atom stereocenters. The van der Waals surface area contributed by atoms with Crippen LogP contribution in [0.1, 0.15) is 0 Å². The van der Waals surface area contributed by atoms with Gasteiger partial charge in [0.1, 0.15) is 0 Å². The molecular weight excluding hydrogens is 379 g/mol. The molecule has 6 heteroatoms. The van der Waals surface area contributed by atoms with Crippen LogP contribution in [0.5, 0.6) is 0 Å². The molecule has 3 aromatic rings. The number of halogens is 5. The van der Waals surface area contributed by atoms with Crippen LogP contribution in [0.3, 0.4) is 0 Å². The summed E-state index contributed by atoms with van der Waals surface area (Å²) < 4.78 is 14.1. The summed E-state index contributed by atoms with van der Waals surface area (Å²) in [5.41, 5.74) is 2.41. The first-order chi connectivity index (χ1) is 11.0. The van der Waals surface area contributed by atoms with Crippen LogP contribution in [0.2, 0.25) is 20.1 Å². The van der Waals surface area contributed by atoms with E-state index in [1.807, 2.05) is 0 Å². The van der Waals surface area contributed by atoms with E-state index in [9.17, 15) is 4.39 Å². The van der Waals surface area contributed by atoms with Gasteiger partial charge in [-0.1, -0.05) is 58.5 Å². The van der Waals surface area contributed by atoms with E-state index in [2.05, 4.69) is 4.98 Å². The molecule has 1 aromatic heterocycles. The van der Waals surface area contributed by atoms with E-state index in [1.165, 1.54) is 6.20 Å². The molecule has 2 aromatic carbocycles. The Morgan fingerprint density at radius 1 is 0.652 bits per heavy atom. The molecule has 3 rings (SSSR count). The number of nitrogens with zero attached hydrogens (tertiary/aromatic N) is 1. The SMILES string of the molecule is Fc1ncc(-c2ccc(Cl)c(Cl)c2)cc1-c1ccc(Cl)c(Cl)c1. The Morgan fingerprint density at radius 2 is 1.22 bits per heavy atom. The van der Waals surface area contributed by atoms with Crippen LogP contribution in [-0.2, 0) is 0 Å². The summed E-state index contributed by atoms with van der Waals surface area (Å²) in [6.07, 6.45) is 1.44. The maximum atomic E-state index is 14.1. The van der Waals surface area contributed by atoms with Gasteiger partial charge in [-0.25, -0.2) is 4.98 Å². The largest absolute Gasteiger partial charge is 0.227 e. The topological polar surface area (TPSA) is 12.9 Å². The molecule has 0 spiro atoms. The first-order valence-electron chi connectivity index (χ1n) is 6.52. The fourth-order valence-electron chi connectivity index (χ4n) is 2.15. The smallest absolute Gasteiger partial charge is 0.220 e. The zero-order chi connectivity index (χ0) is 16.6. The zero-order valence-electron chi connectivity index (χ0n) is 11.5. The fraction of sp³-hybridized carbons (Fsp3) is 0. The standard InChI is InChI=1S/C17H8Cl4FN/c18-13-3-1-9(6-15(13)20)11-5-12(17(22)23-8-11)10-2-4-14(19)16(21)7-10/h1-8H. The minimum Gasteiger partial charge on any atom is -0.227 e. The number of rotatable bonds is 2. The van der Waals surface area contributed by atoms with E-state index in [0.29, 0.717) is 36.8 Å². The van der Waals surface area contributed by atoms with Crippen LogP contribution in [0, 0.1) is 5.95 Å². The minimum absolute atomic E-state index is 0.326. The highest BCUT2D eigenvalue weighted by molar-refractivity contribution is 6.42. The van der Waals surface area contributed by atoms with Crippen molar-refractivity contribution in [2.24, 2.45) is 0 Å².